The van der Waals surface area contributed by atoms with Crippen LogP contribution in [-0.4, -0.2) is 49.7 Å². The van der Waals surface area contributed by atoms with Gasteiger partial charge in [-0.3, -0.25) is 19.5 Å². The van der Waals surface area contributed by atoms with Crippen molar-refractivity contribution in [1.82, 2.24) is 25.0 Å². The van der Waals surface area contributed by atoms with Crippen molar-refractivity contribution in [3.8, 4) is 0 Å². The zero-order valence-corrected chi connectivity index (χ0v) is 15.7. The number of hydrogen-bond donors (Lipinski definition) is 2. The van der Waals surface area contributed by atoms with Gasteiger partial charge in [0.2, 0.25) is 17.0 Å². The van der Waals surface area contributed by atoms with Crippen LogP contribution in [0.1, 0.15) is 31.3 Å². The van der Waals surface area contributed by atoms with Gasteiger partial charge in [-0.25, -0.2) is 0 Å². The summed E-state index contributed by atoms with van der Waals surface area (Å²) in [5.74, 6) is -0.562. The molecule has 25 heavy (non-hydrogen) atoms. The number of rotatable bonds is 8. The molecule has 0 aliphatic carbocycles. The maximum atomic E-state index is 12.6. The van der Waals surface area contributed by atoms with E-state index in [-0.39, 0.29) is 17.6 Å². The largest absolute Gasteiger partial charge is 0.468 e. The third-order valence-corrected chi connectivity index (χ3v) is 5.14. The zero-order valence-electron chi connectivity index (χ0n) is 14.1. The predicted octanol–water partition coefficient (Wildman–Crippen LogP) is 1.13. The lowest BCUT2D eigenvalue weighted by Gasteiger charge is -2.17. The molecule has 3 N–H and O–H groups in total. The van der Waals surface area contributed by atoms with E-state index in [1.54, 1.807) is 0 Å². The second-order valence-electron chi connectivity index (χ2n) is 4.84. The van der Waals surface area contributed by atoms with Crippen molar-refractivity contribution in [1.29, 1.82) is 0 Å². The molecular weight excluding hydrogens is 366 g/mol. The highest BCUT2D eigenvalue weighted by atomic mass is 32.2. The molecule has 0 radical (unpaired) electrons. The minimum Gasteiger partial charge on any atom is -0.468 e. The van der Waals surface area contributed by atoms with Gasteiger partial charge in [0.05, 0.1) is 12.9 Å². The summed E-state index contributed by atoms with van der Waals surface area (Å²) in [4.78, 5) is 24.0. The number of nitrogens with one attached hydrogen (secondary N) is 1. The molecule has 2 aromatic rings. The number of aryl methyl sites for hydroxylation is 1. The second kappa shape index (κ2) is 8.76. The Labute approximate surface area is 152 Å². The molecule has 2 heterocycles. The third-order valence-electron chi connectivity index (χ3n) is 3.24. The van der Waals surface area contributed by atoms with Gasteiger partial charge in [0, 0.05) is 0 Å². The van der Waals surface area contributed by atoms with Crippen LogP contribution < -0.4 is 11.1 Å². The first kappa shape index (κ1) is 19.1. The normalized spacial score (nSPS) is 12.0. The number of esters is 1. The fourth-order valence-corrected chi connectivity index (χ4v) is 3.49. The van der Waals surface area contributed by atoms with E-state index in [9.17, 15) is 9.59 Å². The Hall–Kier alpha value is -2.21. The van der Waals surface area contributed by atoms with Crippen molar-refractivity contribution < 1.29 is 14.3 Å². The SMILES string of the molecule is CCc1nnc(NC(=O)C(CC)n2c(N)nnc2SCC(=O)OC)s1. The number of anilines is 2. The summed E-state index contributed by atoms with van der Waals surface area (Å²) >= 11 is 2.42. The van der Waals surface area contributed by atoms with E-state index in [2.05, 4.69) is 30.4 Å². The van der Waals surface area contributed by atoms with E-state index in [4.69, 9.17) is 5.73 Å². The number of ether oxygens (including phenoxy) is 1. The van der Waals surface area contributed by atoms with E-state index in [1.165, 1.54) is 23.0 Å². The first-order valence-corrected chi connectivity index (χ1v) is 9.33. The smallest absolute Gasteiger partial charge is 0.316 e. The van der Waals surface area contributed by atoms with Gasteiger partial charge in [-0.1, -0.05) is 36.9 Å². The fourth-order valence-electron chi connectivity index (χ4n) is 1.98. The molecule has 2 rings (SSSR count). The highest BCUT2D eigenvalue weighted by Gasteiger charge is 2.26. The van der Waals surface area contributed by atoms with Crippen LogP contribution >= 0.6 is 23.1 Å². The molecule has 0 aliphatic rings. The molecule has 1 unspecified atom stereocenters. The predicted molar refractivity (Wildman–Crippen MR) is 94.4 cm³/mol. The second-order valence-corrected chi connectivity index (χ2v) is 6.85. The average Bonchev–Trinajstić information content (AvgIpc) is 3.21. The summed E-state index contributed by atoms with van der Waals surface area (Å²) in [5.41, 5.74) is 5.87. The van der Waals surface area contributed by atoms with E-state index < -0.39 is 12.0 Å². The molecule has 12 heteroatoms. The molecule has 136 valence electrons. The van der Waals surface area contributed by atoms with E-state index in [0.29, 0.717) is 16.7 Å². The monoisotopic (exact) mass is 385 g/mol. The van der Waals surface area contributed by atoms with Crippen molar-refractivity contribution >= 4 is 46.1 Å². The quantitative estimate of drug-likeness (QED) is 0.505. The fraction of sp³-hybridized carbons (Fsp3) is 0.538. The average molecular weight is 385 g/mol. The molecule has 1 atom stereocenters. The number of aromatic nitrogens is 5. The summed E-state index contributed by atoms with van der Waals surface area (Å²) in [7, 11) is 1.30. The Kier molecular flexibility index (Phi) is 6.70. The Morgan fingerprint density at radius 1 is 1.32 bits per heavy atom. The minimum absolute atomic E-state index is 0.0446. The van der Waals surface area contributed by atoms with Crippen molar-refractivity contribution in [2.24, 2.45) is 0 Å². The summed E-state index contributed by atoms with van der Waals surface area (Å²) in [5, 5.41) is 20.0. The van der Waals surface area contributed by atoms with Gasteiger partial charge in [0.15, 0.2) is 5.16 Å². The standard InChI is InChI=1S/C13H19N7O3S2/c1-4-7(10(22)15-12-18-16-8(5-2)25-12)20-11(14)17-19-13(20)24-6-9(21)23-3/h7H,4-6H2,1-3H3,(H2,14,17)(H,15,18,22). The van der Waals surface area contributed by atoms with Crippen LogP contribution in [0.25, 0.3) is 0 Å². The van der Waals surface area contributed by atoms with Crippen molar-refractivity contribution in [2.75, 3.05) is 23.9 Å². The number of methoxy groups -OCH3 is 1. The topological polar surface area (TPSA) is 138 Å². The molecule has 1 amide bonds. The molecule has 0 fully saturated rings. The Bertz CT molecular complexity index is 746. The molecule has 0 aliphatic heterocycles. The number of thioether (sulfide) groups is 1. The van der Waals surface area contributed by atoms with Crippen LogP contribution in [0.2, 0.25) is 0 Å². The molecule has 2 aromatic heterocycles. The highest BCUT2D eigenvalue weighted by Crippen LogP contribution is 2.26. The summed E-state index contributed by atoms with van der Waals surface area (Å²) < 4.78 is 6.11. The third kappa shape index (κ3) is 4.66. The number of amides is 1. The number of nitrogens with zero attached hydrogens (tertiary/aromatic N) is 5. The van der Waals surface area contributed by atoms with Gasteiger partial charge < -0.3 is 10.5 Å². The zero-order chi connectivity index (χ0) is 18.4. The van der Waals surface area contributed by atoms with E-state index >= 15 is 0 Å². The summed E-state index contributed by atoms with van der Waals surface area (Å²) in [6.07, 6.45) is 1.21. The lowest BCUT2D eigenvalue weighted by atomic mass is 10.2. The van der Waals surface area contributed by atoms with Crippen molar-refractivity contribution in [3.05, 3.63) is 5.01 Å². The van der Waals surface area contributed by atoms with Gasteiger partial charge >= 0.3 is 5.97 Å². The maximum absolute atomic E-state index is 12.6. The first-order valence-electron chi connectivity index (χ1n) is 7.53. The number of nitrogen functional groups attached to an aromatic ring is 1. The molecular formula is C13H19N7O3S2. The Morgan fingerprint density at radius 3 is 2.68 bits per heavy atom. The maximum Gasteiger partial charge on any atom is 0.316 e. The lowest BCUT2D eigenvalue weighted by molar-refractivity contribution is -0.137. The van der Waals surface area contributed by atoms with Crippen LogP contribution in [0.15, 0.2) is 5.16 Å². The van der Waals surface area contributed by atoms with Crippen LogP contribution in [0, 0.1) is 0 Å². The Balaban J connectivity index is 2.17. The summed E-state index contributed by atoms with van der Waals surface area (Å²) in [6, 6.07) is -0.635. The molecule has 0 aromatic carbocycles. The van der Waals surface area contributed by atoms with Gasteiger partial charge in [0.1, 0.15) is 11.0 Å². The minimum atomic E-state index is -0.635. The van der Waals surface area contributed by atoms with Gasteiger partial charge in [-0.05, 0) is 12.8 Å². The van der Waals surface area contributed by atoms with E-state index in [0.717, 1.165) is 23.2 Å². The van der Waals surface area contributed by atoms with Gasteiger partial charge in [0.25, 0.3) is 0 Å². The molecule has 0 saturated carbocycles. The van der Waals surface area contributed by atoms with Gasteiger partial charge in [-0.15, -0.1) is 20.4 Å². The van der Waals surface area contributed by atoms with Gasteiger partial charge in [-0.2, -0.15) is 0 Å². The first-order chi connectivity index (χ1) is 12.0. The molecule has 0 saturated heterocycles. The van der Waals surface area contributed by atoms with Crippen LogP contribution in [-0.2, 0) is 20.7 Å². The van der Waals surface area contributed by atoms with Crippen LogP contribution in [0.3, 0.4) is 0 Å². The number of nitrogens with two attached hydrogens (primary N) is 1. The molecule has 10 nitrogen and oxygen atoms in total. The molecule has 0 spiro atoms. The van der Waals surface area contributed by atoms with Crippen LogP contribution in [0.4, 0.5) is 11.1 Å². The lowest BCUT2D eigenvalue weighted by Crippen LogP contribution is -2.27. The number of carbonyl (C=O) groups is 2. The van der Waals surface area contributed by atoms with Crippen LogP contribution in [0.5, 0.6) is 0 Å². The number of carbonyl (C=O) groups excluding carboxylic acids is 2. The van der Waals surface area contributed by atoms with E-state index in [1.807, 2.05) is 13.8 Å². The van der Waals surface area contributed by atoms with Crippen molar-refractivity contribution in [2.45, 2.75) is 37.9 Å². The highest BCUT2D eigenvalue weighted by molar-refractivity contribution is 7.99. The summed E-state index contributed by atoms with van der Waals surface area (Å²) in [6.45, 7) is 3.81. The molecule has 0 bridgehead atoms. The van der Waals surface area contributed by atoms with Crippen molar-refractivity contribution in [3.63, 3.8) is 0 Å². The Morgan fingerprint density at radius 2 is 2.08 bits per heavy atom. The number of hydrogen-bond acceptors (Lipinski definition) is 10.